The highest BCUT2D eigenvalue weighted by Gasteiger charge is 2.13. The van der Waals surface area contributed by atoms with Gasteiger partial charge in [-0.15, -0.1) is 0 Å². The quantitative estimate of drug-likeness (QED) is 0.801. The lowest BCUT2D eigenvalue weighted by atomic mass is 9.95. The number of para-hydroxylation sites is 1. The number of anilines is 1. The summed E-state index contributed by atoms with van der Waals surface area (Å²) in [6.07, 6.45) is 0. The van der Waals surface area contributed by atoms with Gasteiger partial charge >= 0.3 is 0 Å². The van der Waals surface area contributed by atoms with E-state index < -0.39 is 0 Å². The minimum Gasteiger partial charge on any atom is -0.378 e. The van der Waals surface area contributed by atoms with E-state index in [1.807, 2.05) is 39.2 Å². The van der Waals surface area contributed by atoms with Gasteiger partial charge < -0.3 is 10.6 Å². The minimum atomic E-state index is -0.150. The molecule has 112 valence electrons. The molecule has 0 saturated heterocycles. The van der Waals surface area contributed by atoms with E-state index in [0.29, 0.717) is 0 Å². The third-order valence-corrected chi connectivity index (χ3v) is 3.98. The van der Waals surface area contributed by atoms with Crippen molar-refractivity contribution in [2.24, 2.45) is 5.73 Å². The van der Waals surface area contributed by atoms with Crippen molar-refractivity contribution in [2.45, 2.75) is 13.0 Å². The number of nitrogens with two attached hydrogens (primary N) is 1. The van der Waals surface area contributed by atoms with Gasteiger partial charge in [0.05, 0.1) is 11.6 Å². The Balaban J connectivity index is 2.06. The van der Waals surface area contributed by atoms with Gasteiger partial charge in [-0.2, -0.15) is 0 Å². The van der Waals surface area contributed by atoms with Crippen LogP contribution in [-0.2, 0) is 0 Å². The van der Waals surface area contributed by atoms with Crippen molar-refractivity contribution in [2.75, 3.05) is 19.0 Å². The van der Waals surface area contributed by atoms with Crippen LogP contribution in [0.2, 0.25) is 0 Å². The summed E-state index contributed by atoms with van der Waals surface area (Å²) in [6, 6.07) is 18.5. The van der Waals surface area contributed by atoms with E-state index >= 15 is 0 Å². The van der Waals surface area contributed by atoms with E-state index in [-0.39, 0.29) is 6.04 Å². The predicted octanol–water partition coefficient (Wildman–Crippen LogP) is 3.66. The number of aryl methyl sites for hydroxylation is 1. The molecule has 0 saturated carbocycles. The molecule has 0 aliphatic rings. The van der Waals surface area contributed by atoms with E-state index in [9.17, 15) is 0 Å². The second-order valence-electron chi connectivity index (χ2n) is 5.83. The van der Waals surface area contributed by atoms with E-state index in [1.54, 1.807) is 0 Å². The molecule has 0 radical (unpaired) electrons. The number of hydrogen-bond acceptors (Lipinski definition) is 3. The fourth-order valence-corrected chi connectivity index (χ4v) is 2.76. The summed E-state index contributed by atoms with van der Waals surface area (Å²) < 4.78 is 0. The lowest BCUT2D eigenvalue weighted by molar-refractivity contribution is 0.875. The van der Waals surface area contributed by atoms with Crippen molar-refractivity contribution < 1.29 is 0 Å². The SMILES string of the molecule is Cc1cc(C(N)c2ccc(N(C)C)cc2)c2ccccc2n1. The summed E-state index contributed by atoms with van der Waals surface area (Å²) in [5.74, 6) is 0. The average molecular weight is 291 g/mol. The maximum absolute atomic E-state index is 6.54. The molecule has 0 aliphatic carbocycles. The fourth-order valence-electron chi connectivity index (χ4n) is 2.76. The van der Waals surface area contributed by atoms with Crippen molar-refractivity contribution in [1.29, 1.82) is 0 Å². The molecular formula is C19H21N3. The molecule has 3 rings (SSSR count). The second-order valence-corrected chi connectivity index (χ2v) is 5.83. The normalized spacial score (nSPS) is 12.4. The Hall–Kier alpha value is -2.39. The first-order valence-corrected chi connectivity index (χ1v) is 7.45. The van der Waals surface area contributed by atoms with Crippen LogP contribution in [0.1, 0.15) is 22.9 Å². The second kappa shape index (κ2) is 5.78. The van der Waals surface area contributed by atoms with Crippen LogP contribution in [0.25, 0.3) is 10.9 Å². The average Bonchev–Trinajstić information content (AvgIpc) is 2.53. The standard InChI is InChI=1S/C19H21N3/c1-13-12-17(16-6-4-5-7-18(16)21-13)19(20)14-8-10-15(11-9-14)22(2)3/h4-12,19H,20H2,1-3H3. The number of nitrogens with zero attached hydrogens (tertiary/aromatic N) is 2. The maximum Gasteiger partial charge on any atom is 0.0708 e. The number of aromatic nitrogens is 1. The molecule has 0 bridgehead atoms. The molecule has 0 fully saturated rings. The Morgan fingerprint density at radius 1 is 1.00 bits per heavy atom. The first-order valence-electron chi connectivity index (χ1n) is 7.45. The molecule has 1 unspecified atom stereocenters. The van der Waals surface area contributed by atoms with E-state index in [1.165, 1.54) is 5.69 Å². The smallest absolute Gasteiger partial charge is 0.0708 e. The summed E-state index contributed by atoms with van der Waals surface area (Å²) in [6.45, 7) is 2.01. The van der Waals surface area contributed by atoms with Crippen molar-refractivity contribution in [3.05, 3.63) is 71.4 Å². The Morgan fingerprint density at radius 3 is 2.36 bits per heavy atom. The molecule has 3 aromatic rings. The zero-order chi connectivity index (χ0) is 15.7. The van der Waals surface area contributed by atoms with Gasteiger partial charge in [0.1, 0.15) is 0 Å². The summed E-state index contributed by atoms with van der Waals surface area (Å²) in [5, 5.41) is 1.12. The van der Waals surface area contributed by atoms with Crippen LogP contribution in [-0.4, -0.2) is 19.1 Å². The highest BCUT2D eigenvalue weighted by atomic mass is 15.1. The van der Waals surface area contributed by atoms with Crippen LogP contribution < -0.4 is 10.6 Å². The van der Waals surface area contributed by atoms with Crippen molar-refractivity contribution >= 4 is 16.6 Å². The Bertz CT molecular complexity index is 791. The number of pyridine rings is 1. The van der Waals surface area contributed by atoms with E-state index in [0.717, 1.165) is 27.7 Å². The zero-order valence-electron chi connectivity index (χ0n) is 13.2. The first kappa shape index (κ1) is 14.5. The topological polar surface area (TPSA) is 42.1 Å². The molecule has 22 heavy (non-hydrogen) atoms. The Kier molecular flexibility index (Phi) is 3.82. The van der Waals surface area contributed by atoms with Gasteiger partial charge in [0.25, 0.3) is 0 Å². The molecule has 3 heteroatoms. The summed E-state index contributed by atoms with van der Waals surface area (Å²) in [7, 11) is 4.07. The van der Waals surface area contributed by atoms with Crippen molar-refractivity contribution in [1.82, 2.24) is 4.98 Å². The van der Waals surface area contributed by atoms with Gasteiger partial charge in [-0.1, -0.05) is 30.3 Å². The molecule has 1 atom stereocenters. The Labute approximate surface area is 131 Å². The maximum atomic E-state index is 6.54. The van der Waals surface area contributed by atoms with E-state index in [2.05, 4.69) is 46.3 Å². The van der Waals surface area contributed by atoms with Crippen LogP contribution in [0.15, 0.2) is 54.6 Å². The fraction of sp³-hybridized carbons (Fsp3) is 0.211. The van der Waals surface area contributed by atoms with Crippen LogP contribution in [0.4, 0.5) is 5.69 Å². The summed E-state index contributed by atoms with van der Waals surface area (Å²) in [4.78, 5) is 6.67. The van der Waals surface area contributed by atoms with Crippen LogP contribution in [0.5, 0.6) is 0 Å². The van der Waals surface area contributed by atoms with Gasteiger partial charge in [-0.05, 0) is 42.3 Å². The molecule has 0 aliphatic heterocycles. The largest absolute Gasteiger partial charge is 0.378 e. The molecule has 1 heterocycles. The van der Waals surface area contributed by atoms with Crippen LogP contribution >= 0.6 is 0 Å². The molecule has 3 nitrogen and oxygen atoms in total. The monoisotopic (exact) mass is 291 g/mol. The lowest BCUT2D eigenvalue weighted by Gasteiger charge is -2.18. The molecule has 0 spiro atoms. The van der Waals surface area contributed by atoms with E-state index in [4.69, 9.17) is 5.73 Å². The lowest BCUT2D eigenvalue weighted by Crippen LogP contribution is -2.14. The highest BCUT2D eigenvalue weighted by Crippen LogP contribution is 2.28. The van der Waals surface area contributed by atoms with Gasteiger partial charge in [0.2, 0.25) is 0 Å². The molecule has 2 aromatic carbocycles. The number of benzene rings is 2. The van der Waals surface area contributed by atoms with Crippen LogP contribution in [0.3, 0.4) is 0 Å². The highest BCUT2D eigenvalue weighted by molar-refractivity contribution is 5.83. The molecular weight excluding hydrogens is 270 g/mol. The summed E-state index contributed by atoms with van der Waals surface area (Å²) >= 11 is 0. The molecule has 2 N–H and O–H groups in total. The molecule has 0 amide bonds. The Morgan fingerprint density at radius 2 is 1.68 bits per heavy atom. The summed E-state index contributed by atoms with van der Waals surface area (Å²) in [5.41, 5.74) is 11.9. The van der Waals surface area contributed by atoms with Gasteiger partial charge in [0.15, 0.2) is 0 Å². The minimum absolute atomic E-state index is 0.150. The predicted molar refractivity (Wildman–Crippen MR) is 93.3 cm³/mol. The molecule has 1 aromatic heterocycles. The zero-order valence-corrected chi connectivity index (χ0v) is 13.2. The van der Waals surface area contributed by atoms with Gasteiger partial charge in [-0.3, -0.25) is 4.98 Å². The third kappa shape index (κ3) is 2.68. The van der Waals surface area contributed by atoms with Crippen molar-refractivity contribution in [3.63, 3.8) is 0 Å². The number of fused-ring (bicyclic) bond motifs is 1. The van der Waals surface area contributed by atoms with Crippen molar-refractivity contribution in [3.8, 4) is 0 Å². The van der Waals surface area contributed by atoms with Gasteiger partial charge in [0, 0.05) is 30.9 Å². The van der Waals surface area contributed by atoms with Gasteiger partial charge in [-0.25, -0.2) is 0 Å². The first-order chi connectivity index (χ1) is 10.6. The van der Waals surface area contributed by atoms with Crippen LogP contribution in [0, 0.1) is 6.92 Å². The number of rotatable bonds is 3. The number of hydrogen-bond donors (Lipinski definition) is 1. The third-order valence-electron chi connectivity index (χ3n) is 3.98.